The van der Waals surface area contributed by atoms with Crippen molar-refractivity contribution in [3.8, 4) is 0 Å². The monoisotopic (exact) mass is 274 g/mol. The van der Waals surface area contributed by atoms with Gasteiger partial charge in [0.15, 0.2) is 0 Å². The van der Waals surface area contributed by atoms with Gasteiger partial charge in [-0.3, -0.25) is 10.1 Å². The summed E-state index contributed by atoms with van der Waals surface area (Å²) in [6.07, 6.45) is 1.51. The van der Waals surface area contributed by atoms with Crippen LogP contribution < -0.4 is 5.32 Å². The summed E-state index contributed by atoms with van der Waals surface area (Å²) in [6.45, 7) is 7.06. The summed E-state index contributed by atoms with van der Waals surface area (Å²) in [4.78, 5) is 19.0. The highest BCUT2D eigenvalue weighted by atomic mass is 16.6. The van der Waals surface area contributed by atoms with E-state index < -0.39 is 4.92 Å². The number of hydrogen-bond acceptors (Lipinski definition) is 5. The molecule has 0 aliphatic carbocycles. The van der Waals surface area contributed by atoms with Gasteiger partial charge < -0.3 is 5.32 Å². The van der Waals surface area contributed by atoms with Crippen LogP contribution in [0.2, 0.25) is 0 Å². The fourth-order valence-corrected chi connectivity index (χ4v) is 2.28. The molecule has 6 heteroatoms. The van der Waals surface area contributed by atoms with Crippen molar-refractivity contribution in [1.29, 1.82) is 0 Å². The van der Waals surface area contributed by atoms with Crippen LogP contribution in [0.3, 0.4) is 0 Å². The summed E-state index contributed by atoms with van der Waals surface area (Å²) in [7, 11) is 0. The molecule has 0 bridgehead atoms. The average molecular weight is 274 g/mol. The average Bonchev–Trinajstić information content (AvgIpc) is 2.45. The Morgan fingerprint density at radius 3 is 2.75 bits per heavy atom. The van der Waals surface area contributed by atoms with E-state index >= 15 is 0 Å². The first-order chi connectivity index (χ1) is 9.54. The van der Waals surface area contributed by atoms with Crippen LogP contribution >= 0.6 is 0 Å². The molecule has 2 rings (SSSR count). The third kappa shape index (κ3) is 2.75. The zero-order valence-corrected chi connectivity index (χ0v) is 11.8. The summed E-state index contributed by atoms with van der Waals surface area (Å²) in [5.41, 5.74) is 1.64. The lowest BCUT2D eigenvalue weighted by molar-refractivity contribution is -0.384. The molecule has 2 aromatic rings. The molecule has 0 aliphatic heterocycles. The van der Waals surface area contributed by atoms with Gasteiger partial charge in [-0.2, -0.15) is 0 Å². The van der Waals surface area contributed by atoms with E-state index in [1.54, 1.807) is 12.1 Å². The minimum absolute atomic E-state index is 0.0665. The number of likely N-dealkylation sites (N-methyl/N-ethyl adjacent to an activating group) is 1. The van der Waals surface area contributed by atoms with E-state index in [0.29, 0.717) is 0 Å². The van der Waals surface area contributed by atoms with Crippen LogP contribution in [-0.2, 0) is 0 Å². The zero-order valence-electron chi connectivity index (χ0n) is 11.8. The van der Waals surface area contributed by atoms with Crippen molar-refractivity contribution >= 4 is 16.6 Å². The normalized spacial score (nSPS) is 14.2. The number of hydrogen-bond donors (Lipinski definition) is 1. The Morgan fingerprint density at radius 1 is 1.35 bits per heavy atom. The molecule has 0 saturated heterocycles. The molecular formula is C14H18N4O2. The maximum absolute atomic E-state index is 10.9. The van der Waals surface area contributed by atoms with Crippen LogP contribution in [0.15, 0.2) is 24.5 Å². The van der Waals surface area contributed by atoms with Gasteiger partial charge in [-0.05, 0) is 19.5 Å². The number of nitrogens with zero attached hydrogens (tertiary/aromatic N) is 3. The molecule has 2 unspecified atom stereocenters. The topological polar surface area (TPSA) is 81.0 Å². The summed E-state index contributed by atoms with van der Waals surface area (Å²) in [5, 5.41) is 15.0. The lowest BCUT2D eigenvalue weighted by atomic mass is 9.96. The number of benzene rings is 1. The molecule has 1 aromatic carbocycles. The fourth-order valence-electron chi connectivity index (χ4n) is 2.28. The van der Waals surface area contributed by atoms with Crippen LogP contribution in [-0.4, -0.2) is 27.5 Å². The summed E-state index contributed by atoms with van der Waals surface area (Å²) < 4.78 is 0. The van der Waals surface area contributed by atoms with Crippen molar-refractivity contribution in [1.82, 2.24) is 15.3 Å². The Labute approximate surface area is 117 Å². The largest absolute Gasteiger partial charge is 0.314 e. The number of nitro groups is 1. The van der Waals surface area contributed by atoms with E-state index in [1.807, 2.05) is 6.92 Å². The lowest BCUT2D eigenvalue weighted by Gasteiger charge is -2.21. The fraction of sp³-hybridized carbons (Fsp3) is 0.429. The molecule has 2 atom stereocenters. The molecule has 0 spiro atoms. The van der Waals surface area contributed by atoms with Crippen LogP contribution in [0, 0.1) is 10.1 Å². The van der Waals surface area contributed by atoms with Crippen LogP contribution in [0.25, 0.3) is 10.9 Å². The van der Waals surface area contributed by atoms with Crippen molar-refractivity contribution in [3.05, 3.63) is 40.3 Å². The molecule has 1 aromatic heterocycles. The van der Waals surface area contributed by atoms with Crippen molar-refractivity contribution in [2.75, 3.05) is 6.54 Å². The standard InChI is InChI=1S/C14H18N4O2/c1-4-15-10(3)9(2)14-12-7-11(18(19)20)5-6-13(12)16-8-17-14/h5-10,15H,4H2,1-3H3. The molecule has 0 radical (unpaired) electrons. The molecule has 20 heavy (non-hydrogen) atoms. The van der Waals surface area contributed by atoms with Gasteiger partial charge in [0.05, 0.1) is 16.1 Å². The van der Waals surface area contributed by atoms with E-state index in [4.69, 9.17) is 0 Å². The molecule has 0 fully saturated rings. The molecule has 0 aliphatic rings. The lowest BCUT2D eigenvalue weighted by Crippen LogP contribution is -2.31. The van der Waals surface area contributed by atoms with Gasteiger partial charge in [0.1, 0.15) is 6.33 Å². The van der Waals surface area contributed by atoms with E-state index in [-0.39, 0.29) is 17.6 Å². The summed E-state index contributed by atoms with van der Waals surface area (Å²) in [6, 6.07) is 4.93. The van der Waals surface area contributed by atoms with Crippen molar-refractivity contribution < 1.29 is 4.92 Å². The molecule has 0 amide bonds. The molecule has 6 nitrogen and oxygen atoms in total. The first-order valence-electron chi connectivity index (χ1n) is 6.67. The highest BCUT2D eigenvalue weighted by Crippen LogP contribution is 2.27. The van der Waals surface area contributed by atoms with Crippen molar-refractivity contribution in [2.24, 2.45) is 0 Å². The maximum atomic E-state index is 10.9. The smallest absolute Gasteiger partial charge is 0.270 e. The predicted molar refractivity (Wildman–Crippen MR) is 77.7 cm³/mol. The van der Waals surface area contributed by atoms with Crippen molar-refractivity contribution in [2.45, 2.75) is 32.7 Å². The van der Waals surface area contributed by atoms with Gasteiger partial charge in [0, 0.05) is 29.5 Å². The number of rotatable bonds is 5. The van der Waals surface area contributed by atoms with Gasteiger partial charge in [-0.1, -0.05) is 13.8 Å². The molecule has 106 valence electrons. The number of fused-ring (bicyclic) bond motifs is 1. The van der Waals surface area contributed by atoms with Gasteiger partial charge >= 0.3 is 0 Å². The Hall–Kier alpha value is -2.08. The Bertz CT molecular complexity index is 630. The molecule has 1 N–H and O–H groups in total. The third-order valence-electron chi connectivity index (χ3n) is 3.57. The zero-order chi connectivity index (χ0) is 14.7. The van der Waals surface area contributed by atoms with E-state index in [0.717, 1.165) is 23.1 Å². The van der Waals surface area contributed by atoms with Gasteiger partial charge in [0.25, 0.3) is 5.69 Å². The first kappa shape index (κ1) is 14.3. The number of aromatic nitrogens is 2. The van der Waals surface area contributed by atoms with Crippen LogP contribution in [0.1, 0.15) is 32.4 Å². The number of nitro benzene ring substituents is 1. The molecule has 0 saturated carbocycles. The van der Waals surface area contributed by atoms with E-state index in [1.165, 1.54) is 12.4 Å². The van der Waals surface area contributed by atoms with Crippen LogP contribution in [0.4, 0.5) is 5.69 Å². The maximum Gasteiger partial charge on any atom is 0.270 e. The van der Waals surface area contributed by atoms with Crippen LogP contribution in [0.5, 0.6) is 0 Å². The van der Waals surface area contributed by atoms with E-state index in [9.17, 15) is 10.1 Å². The summed E-state index contributed by atoms with van der Waals surface area (Å²) >= 11 is 0. The third-order valence-corrected chi connectivity index (χ3v) is 3.57. The second kappa shape index (κ2) is 5.92. The highest BCUT2D eigenvalue weighted by Gasteiger charge is 2.19. The number of non-ortho nitro benzene ring substituents is 1. The SMILES string of the molecule is CCNC(C)C(C)c1ncnc2ccc([N+](=O)[O-])cc12. The quantitative estimate of drug-likeness (QED) is 0.669. The first-order valence-corrected chi connectivity index (χ1v) is 6.67. The second-order valence-corrected chi connectivity index (χ2v) is 4.85. The highest BCUT2D eigenvalue weighted by molar-refractivity contribution is 5.83. The van der Waals surface area contributed by atoms with Gasteiger partial charge in [-0.15, -0.1) is 0 Å². The molecule has 1 heterocycles. The van der Waals surface area contributed by atoms with Gasteiger partial charge in [-0.25, -0.2) is 9.97 Å². The Kier molecular flexibility index (Phi) is 4.24. The molecular weight excluding hydrogens is 256 g/mol. The van der Waals surface area contributed by atoms with Gasteiger partial charge in [0.2, 0.25) is 0 Å². The second-order valence-electron chi connectivity index (χ2n) is 4.85. The Morgan fingerprint density at radius 2 is 2.10 bits per heavy atom. The van der Waals surface area contributed by atoms with Crippen molar-refractivity contribution in [3.63, 3.8) is 0 Å². The Balaban J connectivity index is 2.52. The minimum Gasteiger partial charge on any atom is -0.314 e. The summed E-state index contributed by atoms with van der Waals surface area (Å²) in [5.74, 6) is 0.141. The minimum atomic E-state index is -0.394. The number of nitrogens with one attached hydrogen (secondary N) is 1. The van der Waals surface area contributed by atoms with E-state index in [2.05, 4.69) is 29.1 Å². The predicted octanol–water partition coefficient (Wildman–Crippen LogP) is 2.64.